The number of ketones is 1. The predicted molar refractivity (Wildman–Crippen MR) is 340 cm³/mol. The highest BCUT2D eigenvalue weighted by Gasteiger charge is 2.62. The monoisotopic (exact) mass is 1340 g/mol. The van der Waals surface area contributed by atoms with E-state index in [1.165, 1.54) is 80.2 Å². The number of Topliss-reactive ketones (excluding diaryl/α,β-unsaturated/α-hetero) is 1. The number of alkyl halides is 2. The third-order valence-electron chi connectivity index (χ3n) is 19.0. The van der Waals surface area contributed by atoms with Gasteiger partial charge >= 0.3 is 17.3 Å². The number of hydrogen-bond acceptors (Lipinski definition) is 20. The molecule has 0 spiro atoms. The molecule has 1 saturated carbocycles. The lowest BCUT2D eigenvalue weighted by Crippen LogP contribution is -2.54. The van der Waals surface area contributed by atoms with E-state index in [4.69, 9.17) is 37.3 Å². The summed E-state index contributed by atoms with van der Waals surface area (Å²) in [5.74, 6) is -1.96. The Morgan fingerprint density at radius 2 is 1.06 bits per heavy atom. The average molecular weight is 1340 g/mol. The van der Waals surface area contributed by atoms with Crippen molar-refractivity contribution in [3.63, 3.8) is 0 Å². The lowest BCUT2D eigenvalue weighted by Gasteiger charge is -2.33. The van der Waals surface area contributed by atoms with Crippen molar-refractivity contribution >= 4 is 64.7 Å². The lowest BCUT2D eigenvalue weighted by molar-refractivity contribution is -0.146. The number of methoxy groups -OCH3 is 2. The summed E-state index contributed by atoms with van der Waals surface area (Å²) in [6.45, 7) is 8.52. The molecule has 8 atom stereocenters. The van der Waals surface area contributed by atoms with Crippen molar-refractivity contribution in [2.45, 2.75) is 190 Å². The fourth-order valence-corrected chi connectivity index (χ4v) is 18.0. The summed E-state index contributed by atoms with van der Waals surface area (Å²) in [6, 6.07) is 14.7. The number of carboxylic acids is 1. The zero-order valence-electron chi connectivity index (χ0n) is 52.5. The minimum absolute atomic E-state index is 0.0172. The summed E-state index contributed by atoms with van der Waals surface area (Å²) >= 11 is 2.32. The van der Waals surface area contributed by atoms with Crippen molar-refractivity contribution < 1.29 is 69.1 Å². The molecule has 1 aliphatic carbocycles. The van der Waals surface area contributed by atoms with E-state index in [0.717, 1.165) is 64.6 Å². The Morgan fingerprint density at radius 3 is 1.42 bits per heavy atom. The third kappa shape index (κ3) is 11.9. The van der Waals surface area contributed by atoms with Crippen LogP contribution < -0.4 is 32.0 Å². The molecule has 5 fully saturated rings. The number of carbonyl (C=O) groups excluding carboxylic acids is 1. The number of rotatable bonds is 22. The molecule has 13 rings (SSSR count). The van der Waals surface area contributed by atoms with E-state index in [1.54, 1.807) is 27.0 Å². The van der Waals surface area contributed by atoms with Crippen LogP contribution in [0.5, 0.6) is 11.5 Å². The highest BCUT2D eigenvalue weighted by atomic mass is 32.2. The molecule has 4 bridgehead atoms. The largest absolute Gasteiger partial charge is 0.496 e. The fraction of sp³-hybridized carbons (Fsp3) is 0.508. The standard InChI is InChI=1S/C35H39F2N3O9S2.C30H33N3O8S/c1-19-27-30(42)40(34(2,3)26(41)18-51(44,45)35(11-12-35)32(36)37)33(43)39(31(27)50-28(19)29-38-13-14-47-29)17-25(23-7-5-6-8-24(23)46-4)49-22-15-20-9-10-21(16-22)48-20;1-16-23-26(34)33(30(2,3)28(35)36)29(37)32(27(23)42-24(16)25-31-11-12-39-25)15-22(20-7-5-6-8-21(20)38-4)41-19-13-17-9-10-18(14-19)40-17/h5-8,13-14,20-22,25,32H,9-12,15-18H2,1-4H3;5-8,11-12,17-19,22H,9-10,13-15H2,1-4H3,(H,35,36)/t20-,21+,22?,25-;17-,18+,19?,22-/m00/s1. The van der Waals surface area contributed by atoms with Crippen LogP contribution in [0.2, 0.25) is 0 Å². The molecule has 2 unspecified atom stereocenters. The van der Waals surface area contributed by atoms with Crippen molar-refractivity contribution in [1.82, 2.24) is 28.2 Å². The van der Waals surface area contributed by atoms with Crippen LogP contribution >= 0.6 is 22.7 Å². The van der Waals surface area contributed by atoms with Gasteiger partial charge in [0.25, 0.3) is 17.5 Å². The van der Waals surface area contributed by atoms with Gasteiger partial charge < -0.3 is 42.4 Å². The zero-order valence-corrected chi connectivity index (χ0v) is 54.9. The molecular weight excluding hydrogens is 1270 g/mol. The first kappa shape index (κ1) is 65.6. The molecule has 4 aliphatic heterocycles. The average Bonchev–Trinajstić information content (AvgIpc) is 1.67. The molecule has 6 aromatic heterocycles. The topological polar surface area (TPSA) is 284 Å². The summed E-state index contributed by atoms with van der Waals surface area (Å²) in [5, 5.41) is 10.4. The maximum atomic E-state index is 14.7. The van der Waals surface area contributed by atoms with Crippen molar-refractivity contribution in [2.75, 3.05) is 20.0 Å². The highest BCUT2D eigenvalue weighted by molar-refractivity contribution is 7.93. The van der Waals surface area contributed by atoms with Crippen LogP contribution in [-0.4, -0.2) is 121 Å². The van der Waals surface area contributed by atoms with Gasteiger partial charge in [-0.15, -0.1) is 22.7 Å². The zero-order chi connectivity index (χ0) is 66.2. The molecule has 2 aromatic carbocycles. The number of aryl methyl sites for hydroxylation is 2. The van der Waals surface area contributed by atoms with Crippen LogP contribution in [0, 0.1) is 13.8 Å². The number of carboxylic acid groups (broad SMARTS) is 1. The maximum Gasteiger partial charge on any atom is 0.333 e. The van der Waals surface area contributed by atoms with Gasteiger partial charge in [0.15, 0.2) is 15.6 Å². The van der Waals surface area contributed by atoms with Crippen molar-refractivity contribution in [1.29, 1.82) is 0 Å². The van der Waals surface area contributed by atoms with Crippen LogP contribution in [0.1, 0.15) is 126 Å². The number of halogens is 2. The SMILES string of the molecule is COc1ccccc1[C@H](Cn1c(=O)n(C(C)(C)C(=O)CS(=O)(=O)C2(C(F)F)CC2)c(=O)c2c(C)c(-c3ncco3)sc21)OC1C[C@H]2CC[C@@H](C1)O2.COc1ccccc1[C@H](Cn1c(=O)n(C(C)(C)C(=O)O)c(=O)c2c(C)c(-c3ncco3)sc21)OC1C[C@H]2CC[C@@H](C1)O2. The van der Waals surface area contributed by atoms with Crippen LogP contribution in [0.4, 0.5) is 8.78 Å². The summed E-state index contributed by atoms with van der Waals surface area (Å²) in [4.78, 5) is 93.7. The van der Waals surface area contributed by atoms with Crippen LogP contribution in [-0.2, 0) is 62.5 Å². The van der Waals surface area contributed by atoms with E-state index in [0.29, 0.717) is 61.5 Å². The molecule has 5 aliphatic rings. The Labute approximate surface area is 539 Å². The Kier molecular flexibility index (Phi) is 17.9. The lowest BCUT2D eigenvalue weighted by atomic mass is 9.99. The second-order valence-electron chi connectivity index (χ2n) is 25.5. The van der Waals surface area contributed by atoms with Crippen LogP contribution in [0.25, 0.3) is 42.0 Å². The summed E-state index contributed by atoms with van der Waals surface area (Å²) < 4.78 is 104. The number of sulfone groups is 1. The van der Waals surface area contributed by atoms with E-state index < -0.39 is 84.3 Å². The first-order valence-electron chi connectivity index (χ1n) is 30.8. The number of para-hydroxylation sites is 2. The van der Waals surface area contributed by atoms with Gasteiger partial charge in [-0.1, -0.05) is 36.4 Å². The number of ether oxygens (including phenoxy) is 6. The number of thiophene rings is 2. The molecule has 1 N–H and O–H groups in total. The second-order valence-corrected chi connectivity index (χ2v) is 29.9. The van der Waals surface area contributed by atoms with Crippen molar-refractivity contribution in [3.8, 4) is 33.0 Å². The second kappa shape index (κ2) is 25.4. The number of fused-ring (bicyclic) bond motifs is 6. The smallest absolute Gasteiger partial charge is 0.333 e. The van der Waals surface area contributed by atoms with Gasteiger partial charge in [0, 0.05) is 11.1 Å². The highest BCUT2D eigenvalue weighted by Crippen LogP contribution is 2.49. The molecule has 10 heterocycles. The molecular formula is C65H72F2N6O17S3. The number of aromatic nitrogens is 6. The molecule has 8 aromatic rings. The maximum absolute atomic E-state index is 14.7. The van der Waals surface area contributed by atoms with E-state index >= 15 is 0 Å². The molecule has 93 heavy (non-hydrogen) atoms. The fourth-order valence-electron chi connectivity index (χ4n) is 13.5. The first-order valence-corrected chi connectivity index (χ1v) is 34.1. The van der Waals surface area contributed by atoms with Gasteiger partial charge in [-0.3, -0.25) is 23.5 Å². The van der Waals surface area contributed by atoms with Gasteiger partial charge in [-0.2, -0.15) is 0 Å². The van der Waals surface area contributed by atoms with Crippen molar-refractivity contribution in [2.24, 2.45) is 0 Å². The van der Waals surface area contributed by atoms with E-state index in [-0.39, 0.29) is 84.0 Å². The minimum Gasteiger partial charge on any atom is -0.496 e. The Balaban J connectivity index is 0.000000182. The van der Waals surface area contributed by atoms with Crippen molar-refractivity contribution in [3.05, 3.63) is 137 Å². The number of carbonyl (C=O) groups is 2. The molecule has 23 nitrogen and oxygen atoms in total. The molecule has 28 heteroatoms. The van der Waals surface area contributed by atoms with E-state index in [9.17, 15) is 51.1 Å². The van der Waals surface area contributed by atoms with Gasteiger partial charge in [-0.25, -0.2) is 50.7 Å². The molecule has 4 saturated heterocycles. The Bertz CT molecular complexity index is 4500. The van der Waals surface area contributed by atoms with Crippen LogP contribution in [0.15, 0.2) is 101 Å². The van der Waals surface area contributed by atoms with Gasteiger partial charge in [-0.05, 0) is 129 Å². The number of benzene rings is 2. The summed E-state index contributed by atoms with van der Waals surface area (Å²) in [6.07, 6.45) is 7.42. The predicted octanol–water partition coefficient (Wildman–Crippen LogP) is 9.67. The number of hydrogen-bond donors (Lipinski definition) is 1. The Hall–Kier alpha value is -7.47. The summed E-state index contributed by atoms with van der Waals surface area (Å²) in [7, 11) is -1.51. The summed E-state index contributed by atoms with van der Waals surface area (Å²) in [5.41, 5.74) is -4.62. The van der Waals surface area contributed by atoms with E-state index in [1.807, 2.05) is 42.5 Å². The molecule has 496 valence electrons. The number of aliphatic carboxylic acids is 1. The third-order valence-corrected chi connectivity index (χ3v) is 24.0. The molecule has 0 amide bonds. The quantitative estimate of drug-likeness (QED) is 0.0660. The van der Waals surface area contributed by atoms with E-state index in [2.05, 4.69) is 9.97 Å². The first-order chi connectivity index (χ1) is 44.3. The Morgan fingerprint density at radius 1 is 0.667 bits per heavy atom. The molecule has 0 radical (unpaired) electrons. The van der Waals surface area contributed by atoms with Gasteiger partial charge in [0.05, 0.1) is 96.9 Å². The minimum atomic E-state index is -4.62. The van der Waals surface area contributed by atoms with Crippen LogP contribution in [0.3, 0.4) is 0 Å². The van der Waals surface area contributed by atoms with Gasteiger partial charge in [0.1, 0.15) is 67.5 Å². The van der Waals surface area contributed by atoms with Gasteiger partial charge in [0.2, 0.25) is 11.8 Å². The normalized spacial score (nSPS) is 21.6. The number of nitrogens with zero attached hydrogens (tertiary/aromatic N) is 6. The number of oxazole rings is 2.